The van der Waals surface area contributed by atoms with Crippen molar-refractivity contribution in [3.05, 3.63) is 64.1 Å². The van der Waals surface area contributed by atoms with E-state index >= 15 is 0 Å². The summed E-state index contributed by atoms with van der Waals surface area (Å²) < 4.78 is 6.86. The summed E-state index contributed by atoms with van der Waals surface area (Å²) in [5.41, 5.74) is 2.40. The Bertz CT molecular complexity index is 528. The molecule has 0 amide bonds. The van der Waals surface area contributed by atoms with Crippen molar-refractivity contribution in [2.45, 2.75) is 19.6 Å². The van der Waals surface area contributed by atoms with Gasteiger partial charge in [0.25, 0.3) is 0 Å². The molecule has 0 saturated heterocycles. The van der Waals surface area contributed by atoms with Crippen molar-refractivity contribution in [1.29, 1.82) is 0 Å². The van der Waals surface area contributed by atoms with Gasteiger partial charge in [0.1, 0.15) is 12.4 Å². The second-order valence-corrected chi connectivity index (χ2v) is 5.32. The topological polar surface area (TPSA) is 21.3 Å². The summed E-state index contributed by atoms with van der Waals surface area (Å²) in [6, 6.07) is 16.6. The Labute approximate surface area is 122 Å². The molecule has 0 aliphatic carbocycles. The van der Waals surface area contributed by atoms with Gasteiger partial charge in [-0.2, -0.15) is 0 Å². The normalized spacial score (nSPS) is 12.2. The molecule has 0 bridgehead atoms. The first kappa shape index (κ1) is 14.1. The molecular formula is C16H18BrNO. The fourth-order valence-electron chi connectivity index (χ4n) is 1.85. The molecule has 100 valence electrons. The lowest BCUT2D eigenvalue weighted by molar-refractivity contribution is 0.306. The van der Waals surface area contributed by atoms with Crippen LogP contribution in [-0.2, 0) is 6.61 Å². The summed E-state index contributed by atoms with van der Waals surface area (Å²) in [5.74, 6) is 0.878. The number of halogens is 1. The average Bonchev–Trinajstić information content (AvgIpc) is 2.45. The van der Waals surface area contributed by atoms with Crippen molar-refractivity contribution >= 4 is 15.9 Å². The largest absolute Gasteiger partial charge is 0.489 e. The lowest BCUT2D eigenvalue weighted by Crippen LogP contribution is -2.12. The first-order valence-electron chi connectivity index (χ1n) is 6.34. The number of benzene rings is 2. The van der Waals surface area contributed by atoms with Crippen LogP contribution in [0, 0.1) is 0 Å². The second-order valence-electron chi connectivity index (χ2n) is 4.47. The molecule has 0 aromatic heterocycles. The average molecular weight is 320 g/mol. The van der Waals surface area contributed by atoms with Crippen LogP contribution in [0.25, 0.3) is 0 Å². The van der Waals surface area contributed by atoms with Crippen LogP contribution in [0.2, 0.25) is 0 Å². The van der Waals surface area contributed by atoms with Crippen LogP contribution in [0.1, 0.15) is 24.1 Å². The predicted octanol–water partition coefficient (Wildman–Crippen LogP) is 4.31. The van der Waals surface area contributed by atoms with Crippen LogP contribution < -0.4 is 10.1 Å². The lowest BCUT2D eigenvalue weighted by Gasteiger charge is -2.14. The molecule has 0 radical (unpaired) electrons. The van der Waals surface area contributed by atoms with Gasteiger partial charge in [-0.15, -0.1) is 0 Å². The van der Waals surface area contributed by atoms with Gasteiger partial charge in [0.15, 0.2) is 0 Å². The zero-order valence-electron chi connectivity index (χ0n) is 11.2. The van der Waals surface area contributed by atoms with Gasteiger partial charge in [-0.3, -0.25) is 0 Å². The highest BCUT2D eigenvalue weighted by molar-refractivity contribution is 9.10. The number of rotatable bonds is 5. The van der Waals surface area contributed by atoms with Crippen molar-refractivity contribution in [2.24, 2.45) is 0 Å². The predicted molar refractivity (Wildman–Crippen MR) is 82.4 cm³/mol. The van der Waals surface area contributed by atoms with Gasteiger partial charge in [0, 0.05) is 10.5 Å². The highest BCUT2D eigenvalue weighted by Crippen LogP contribution is 2.27. The standard InChI is InChI=1S/C16H18BrNO/c1-12(18-2)15-9-8-14(10-16(15)17)19-11-13-6-4-3-5-7-13/h3-10,12,18H,11H2,1-2H3. The first-order valence-corrected chi connectivity index (χ1v) is 7.13. The van der Waals surface area contributed by atoms with E-state index < -0.39 is 0 Å². The van der Waals surface area contributed by atoms with E-state index in [-0.39, 0.29) is 0 Å². The molecule has 2 aromatic rings. The Morgan fingerprint density at radius 1 is 1.16 bits per heavy atom. The monoisotopic (exact) mass is 319 g/mol. The van der Waals surface area contributed by atoms with Crippen LogP contribution in [0.4, 0.5) is 0 Å². The maximum atomic E-state index is 5.79. The van der Waals surface area contributed by atoms with E-state index in [4.69, 9.17) is 4.74 Å². The summed E-state index contributed by atoms with van der Waals surface area (Å²) in [6.45, 7) is 2.72. The number of nitrogens with one attached hydrogen (secondary N) is 1. The maximum Gasteiger partial charge on any atom is 0.120 e. The molecule has 19 heavy (non-hydrogen) atoms. The molecule has 1 atom stereocenters. The number of hydrogen-bond donors (Lipinski definition) is 1. The molecule has 2 rings (SSSR count). The van der Waals surface area contributed by atoms with E-state index in [2.05, 4.69) is 46.4 Å². The van der Waals surface area contributed by atoms with E-state index in [1.807, 2.05) is 37.4 Å². The Balaban J connectivity index is 2.04. The third-order valence-corrected chi connectivity index (χ3v) is 3.81. The molecule has 0 heterocycles. The summed E-state index contributed by atoms with van der Waals surface area (Å²) in [4.78, 5) is 0. The van der Waals surface area contributed by atoms with Gasteiger partial charge in [0.05, 0.1) is 0 Å². The van der Waals surface area contributed by atoms with E-state index in [0.29, 0.717) is 12.6 Å². The minimum Gasteiger partial charge on any atom is -0.489 e. The molecule has 0 saturated carbocycles. The smallest absolute Gasteiger partial charge is 0.120 e. The van der Waals surface area contributed by atoms with Crippen molar-refractivity contribution in [1.82, 2.24) is 5.32 Å². The van der Waals surface area contributed by atoms with Gasteiger partial charge in [-0.1, -0.05) is 52.3 Å². The molecule has 1 unspecified atom stereocenters. The highest BCUT2D eigenvalue weighted by Gasteiger charge is 2.08. The van der Waals surface area contributed by atoms with Gasteiger partial charge in [0.2, 0.25) is 0 Å². The number of hydrogen-bond acceptors (Lipinski definition) is 2. The molecule has 2 aromatic carbocycles. The van der Waals surface area contributed by atoms with Crippen LogP contribution in [-0.4, -0.2) is 7.05 Å². The zero-order chi connectivity index (χ0) is 13.7. The molecule has 0 aliphatic rings. The quantitative estimate of drug-likeness (QED) is 0.886. The maximum absolute atomic E-state index is 5.79. The fourth-order valence-corrected chi connectivity index (χ4v) is 2.55. The van der Waals surface area contributed by atoms with Crippen molar-refractivity contribution in [3.63, 3.8) is 0 Å². The third kappa shape index (κ3) is 3.82. The van der Waals surface area contributed by atoms with E-state index in [0.717, 1.165) is 10.2 Å². The van der Waals surface area contributed by atoms with E-state index in [1.54, 1.807) is 0 Å². The molecule has 0 aliphatic heterocycles. The van der Waals surface area contributed by atoms with Gasteiger partial charge in [-0.05, 0) is 37.2 Å². The SMILES string of the molecule is CNC(C)c1ccc(OCc2ccccc2)cc1Br. The van der Waals surface area contributed by atoms with Crippen LogP contribution in [0.15, 0.2) is 53.0 Å². The Hall–Kier alpha value is -1.32. The van der Waals surface area contributed by atoms with E-state index in [9.17, 15) is 0 Å². The summed E-state index contributed by atoms with van der Waals surface area (Å²) in [5, 5.41) is 3.23. The molecule has 1 N–H and O–H groups in total. The minimum absolute atomic E-state index is 0.317. The molecule has 2 nitrogen and oxygen atoms in total. The Morgan fingerprint density at radius 2 is 1.89 bits per heavy atom. The fraction of sp³-hybridized carbons (Fsp3) is 0.250. The molecular weight excluding hydrogens is 302 g/mol. The summed E-state index contributed by atoms with van der Waals surface area (Å²) in [6.07, 6.45) is 0. The molecule has 0 spiro atoms. The lowest BCUT2D eigenvalue weighted by atomic mass is 10.1. The minimum atomic E-state index is 0.317. The zero-order valence-corrected chi connectivity index (χ0v) is 12.8. The summed E-state index contributed by atoms with van der Waals surface area (Å²) >= 11 is 3.59. The van der Waals surface area contributed by atoms with Crippen LogP contribution in [0.5, 0.6) is 5.75 Å². The highest BCUT2D eigenvalue weighted by atomic mass is 79.9. The van der Waals surface area contributed by atoms with Crippen molar-refractivity contribution < 1.29 is 4.74 Å². The van der Waals surface area contributed by atoms with Crippen molar-refractivity contribution in [2.75, 3.05) is 7.05 Å². The summed E-state index contributed by atoms with van der Waals surface area (Å²) in [7, 11) is 1.96. The second kappa shape index (κ2) is 6.73. The Morgan fingerprint density at radius 3 is 2.53 bits per heavy atom. The van der Waals surface area contributed by atoms with Gasteiger partial charge >= 0.3 is 0 Å². The van der Waals surface area contributed by atoms with Crippen LogP contribution >= 0.6 is 15.9 Å². The number of ether oxygens (including phenoxy) is 1. The van der Waals surface area contributed by atoms with Crippen LogP contribution in [0.3, 0.4) is 0 Å². The third-order valence-electron chi connectivity index (χ3n) is 3.12. The molecule has 0 fully saturated rings. The first-order chi connectivity index (χ1) is 9.20. The van der Waals surface area contributed by atoms with Gasteiger partial charge in [-0.25, -0.2) is 0 Å². The van der Waals surface area contributed by atoms with E-state index in [1.165, 1.54) is 11.1 Å². The molecule has 3 heteroatoms. The Kier molecular flexibility index (Phi) is 5.00. The van der Waals surface area contributed by atoms with Crippen molar-refractivity contribution in [3.8, 4) is 5.75 Å². The van der Waals surface area contributed by atoms with Gasteiger partial charge < -0.3 is 10.1 Å².